The van der Waals surface area contributed by atoms with E-state index in [0.29, 0.717) is 23.7 Å². The van der Waals surface area contributed by atoms with Gasteiger partial charge in [-0.3, -0.25) is 4.79 Å². The number of hydrogen-bond acceptors (Lipinski definition) is 3. The molecule has 0 saturated carbocycles. The summed E-state index contributed by atoms with van der Waals surface area (Å²) in [6, 6.07) is 14.1. The molecule has 2 N–H and O–H groups in total. The lowest BCUT2D eigenvalue weighted by Gasteiger charge is -2.29. The fraction of sp³-hybridized carbons (Fsp3) is 0.222. The van der Waals surface area contributed by atoms with Crippen LogP contribution in [-0.2, 0) is 4.79 Å². The number of urea groups is 1. The van der Waals surface area contributed by atoms with Gasteiger partial charge in [-0.15, -0.1) is 0 Å². The number of nitrogens with zero attached hydrogens (tertiary/aromatic N) is 1. The van der Waals surface area contributed by atoms with Gasteiger partial charge in [0.25, 0.3) is 5.91 Å². The van der Waals surface area contributed by atoms with Crippen molar-refractivity contribution < 1.29 is 14.3 Å². The number of fused-ring (bicyclic) bond motifs is 1. The Labute approximate surface area is 140 Å². The highest BCUT2D eigenvalue weighted by atomic mass is 16.5. The SMILES string of the molecule is CCCN1C(=O)COc2cc(NC(=O)Nc3ccccc3)ccc21. The molecule has 2 aromatic rings. The number of amides is 3. The van der Waals surface area contributed by atoms with Gasteiger partial charge in [-0.1, -0.05) is 25.1 Å². The van der Waals surface area contributed by atoms with Crippen molar-refractivity contribution in [3.8, 4) is 5.75 Å². The molecule has 6 heteroatoms. The molecule has 0 spiro atoms. The summed E-state index contributed by atoms with van der Waals surface area (Å²) < 4.78 is 5.49. The lowest BCUT2D eigenvalue weighted by Crippen LogP contribution is -2.39. The largest absolute Gasteiger partial charge is 0.481 e. The number of carbonyl (C=O) groups is 2. The average molecular weight is 325 g/mol. The predicted octanol–water partition coefficient (Wildman–Crippen LogP) is 3.47. The molecule has 124 valence electrons. The predicted molar refractivity (Wildman–Crippen MR) is 93.7 cm³/mol. The second kappa shape index (κ2) is 7.04. The number of nitrogens with one attached hydrogen (secondary N) is 2. The lowest BCUT2D eigenvalue weighted by atomic mass is 10.2. The van der Waals surface area contributed by atoms with Crippen LogP contribution in [0.15, 0.2) is 48.5 Å². The van der Waals surface area contributed by atoms with Crippen LogP contribution in [-0.4, -0.2) is 25.1 Å². The van der Waals surface area contributed by atoms with E-state index in [1.807, 2.05) is 37.3 Å². The molecule has 1 aliphatic heterocycles. The van der Waals surface area contributed by atoms with Crippen LogP contribution in [0.2, 0.25) is 0 Å². The van der Waals surface area contributed by atoms with Crippen LogP contribution in [0.4, 0.5) is 21.9 Å². The topological polar surface area (TPSA) is 70.7 Å². The minimum atomic E-state index is -0.335. The van der Waals surface area contributed by atoms with Crippen molar-refractivity contribution in [3.63, 3.8) is 0 Å². The summed E-state index contributed by atoms with van der Waals surface area (Å²) in [5.74, 6) is 0.549. The smallest absolute Gasteiger partial charge is 0.323 e. The second-order valence-electron chi connectivity index (χ2n) is 5.46. The fourth-order valence-corrected chi connectivity index (χ4v) is 2.57. The van der Waals surface area contributed by atoms with Crippen molar-refractivity contribution in [2.75, 3.05) is 28.7 Å². The number of anilines is 3. The van der Waals surface area contributed by atoms with Crippen LogP contribution >= 0.6 is 0 Å². The number of ether oxygens (including phenoxy) is 1. The summed E-state index contributed by atoms with van der Waals surface area (Å²) in [6.07, 6.45) is 0.866. The molecule has 0 radical (unpaired) electrons. The van der Waals surface area contributed by atoms with E-state index in [1.165, 1.54) is 0 Å². The zero-order valence-electron chi connectivity index (χ0n) is 13.4. The maximum atomic E-state index is 12.0. The quantitative estimate of drug-likeness (QED) is 0.904. The molecule has 3 amide bonds. The molecule has 0 aromatic heterocycles. The Balaban J connectivity index is 1.72. The standard InChI is InChI=1S/C18H19N3O3/c1-2-10-21-15-9-8-14(11-16(15)24-12-17(21)22)20-18(23)19-13-6-4-3-5-7-13/h3-9,11H,2,10,12H2,1H3,(H2,19,20,23). The Morgan fingerprint density at radius 3 is 2.62 bits per heavy atom. The van der Waals surface area contributed by atoms with Gasteiger partial charge in [0.05, 0.1) is 5.69 Å². The summed E-state index contributed by atoms with van der Waals surface area (Å²) >= 11 is 0. The van der Waals surface area contributed by atoms with E-state index in [4.69, 9.17) is 4.74 Å². The van der Waals surface area contributed by atoms with Gasteiger partial charge in [-0.2, -0.15) is 0 Å². The third-order valence-electron chi connectivity index (χ3n) is 3.64. The van der Waals surface area contributed by atoms with Gasteiger partial charge in [0.15, 0.2) is 6.61 Å². The number of para-hydroxylation sites is 1. The van der Waals surface area contributed by atoms with E-state index >= 15 is 0 Å². The summed E-state index contributed by atoms with van der Waals surface area (Å²) in [6.45, 7) is 2.69. The second-order valence-corrected chi connectivity index (χ2v) is 5.46. The molecule has 0 bridgehead atoms. The van der Waals surface area contributed by atoms with Crippen LogP contribution in [0.3, 0.4) is 0 Å². The molecule has 1 aliphatic rings. The Morgan fingerprint density at radius 2 is 1.88 bits per heavy atom. The average Bonchev–Trinajstić information content (AvgIpc) is 2.58. The van der Waals surface area contributed by atoms with Gasteiger partial charge in [0, 0.05) is 24.0 Å². The summed E-state index contributed by atoms with van der Waals surface area (Å²) in [5, 5.41) is 5.52. The van der Waals surface area contributed by atoms with E-state index in [2.05, 4.69) is 10.6 Å². The normalized spacial score (nSPS) is 13.0. The van der Waals surface area contributed by atoms with E-state index in [9.17, 15) is 9.59 Å². The Kier molecular flexibility index (Phi) is 4.65. The maximum absolute atomic E-state index is 12.0. The molecule has 24 heavy (non-hydrogen) atoms. The van der Waals surface area contributed by atoms with E-state index in [1.54, 1.807) is 23.1 Å². The first-order chi connectivity index (χ1) is 11.7. The third kappa shape index (κ3) is 3.48. The zero-order chi connectivity index (χ0) is 16.9. The number of hydrogen-bond donors (Lipinski definition) is 2. The molecule has 1 heterocycles. The Hall–Kier alpha value is -3.02. The van der Waals surface area contributed by atoms with Gasteiger partial charge < -0.3 is 20.3 Å². The number of rotatable bonds is 4. The molecule has 0 saturated heterocycles. The Bertz CT molecular complexity index is 746. The molecular weight excluding hydrogens is 306 g/mol. The van der Waals surface area contributed by atoms with E-state index < -0.39 is 0 Å². The molecule has 6 nitrogen and oxygen atoms in total. The van der Waals surface area contributed by atoms with Crippen molar-refractivity contribution in [1.82, 2.24) is 0 Å². The molecule has 0 unspecified atom stereocenters. The summed E-state index contributed by atoms with van der Waals surface area (Å²) in [5.41, 5.74) is 2.05. The minimum absolute atomic E-state index is 0.0205. The van der Waals surface area contributed by atoms with Gasteiger partial charge in [0.1, 0.15) is 5.75 Å². The lowest BCUT2D eigenvalue weighted by molar-refractivity contribution is -0.121. The third-order valence-corrected chi connectivity index (χ3v) is 3.64. The summed E-state index contributed by atoms with van der Waals surface area (Å²) in [7, 11) is 0. The van der Waals surface area contributed by atoms with Crippen molar-refractivity contribution in [1.29, 1.82) is 0 Å². The highest BCUT2D eigenvalue weighted by Gasteiger charge is 2.25. The van der Waals surface area contributed by atoms with E-state index in [-0.39, 0.29) is 18.5 Å². The molecule has 0 fully saturated rings. The molecular formula is C18H19N3O3. The van der Waals surface area contributed by atoms with Crippen molar-refractivity contribution in [2.24, 2.45) is 0 Å². The molecule has 2 aromatic carbocycles. The molecule has 3 rings (SSSR count). The highest BCUT2D eigenvalue weighted by Crippen LogP contribution is 2.34. The van der Waals surface area contributed by atoms with Crippen LogP contribution in [0, 0.1) is 0 Å². The van der Waals surface area contributed by atoms with Crippen LogP contribution in [0.1, 0.15) is 13.3 Å². The number of carbonyl (C=O) groups excluding carboxylic acids is 2. The van der Waals surface area contributed by atoms with Crippen molar-refractivity contribution in [3.05, 3.63) is 48.5 Å². The van der Waals surface area contributed by atoms with Gasteiger partial charge in [0.2, 0.25) is 0 Å². The van der Waals surface area contributed by atoms with Crippen molar-refractivity contribution in [2.45, 2.75) is 13.3 Å². The molecule has 0 aliphatic carbocycles. The summed E-state index contributed by atoms with van der Waals surface area (Å²) in [4.78, 5) is 25.7. The Morgan fingerprint density at radius 1 is 1.12 bits per heavy atom. The zero-order valence-corrected chi connectivity index (χ0v) is 13.4. The van der Waals surface area contributed by atoms with Crippen molar-refractivity contribution >= 4 is 29.0 Å². The number of benzene rings is 2. The van der Waals surface area contributed by atoms with Gasteiger partial charge in [-0.25, -0.2) is 4.79 Å². The fourth-order valence-electron chi connectivity index (χ4n) is 2.57. The minimum Gasteiger partial charge on any atom is -0.481 e. The van der Waals surface area contributed by atoms with E-state index in [0.717, 1.165) is 12.1 Å². The molecule has 0 atom stereocenters. The van der Waals surface area contributed by atoms with Gasteiger partial charge >= 0.3 is 6.03 Å². The highest BCUT2D eigenvalue weighted by molar-refractivity contribution is 6.01. The van der Waals surface area contributed by atoms with Crippen LogP contribution in [0.25, 0.3) is 0 Å². The van der Waals surface area contributed by atoms with Gasteiger partial charge in [-0.05, 0) is 30.7 Å². The maximum Gasteiger partial charge on any atom is 0.323 e. The first-order valence-corrected chi connectivity index (χ1v) is 7.87. The van der Waals surface area contributed by atoms with Crippen LogP contribution < -0.4 is 20.3 Å². The first kappa shape index (κ1) is 15.9. The monoisotopic (exact) mass is 325 g/mol. The first-order valence-electron chi connectivity index (χ1n) is 7.87. The van der Waals surface area contributed by atoms with Crippen LogP contribution in [0.5, 0.6) is 5.75 Å².